The first-order chi connectivity index (χ1) is 6.49. The van der Waals surface area contributed by atoms with Crippen molar-refractivity contribution in [3.8, 4) is 0 Å². The van der Waals surface area contributed by atoms with Crippen LogP contribution in [0.2, 0.25) is 0 Å². The Morgan fingerprint density at radius 3 is 2.53 bits per heavy atom. The zero-order chi connectivity index (χ0) is 10.6. The van der Waals surface area contributed by atoms with Gasteiger partial charge in [-0.25, -0.2) is 4.79 Å². The van der Waals surface area contributed by atoms with Crippen LogP contribution in [0.1, 0.15) is 27.2 Å². The number of carbonyl (C=O) groups excluding carboxylic acids is 1. The summed E-state index contributed by atoms with van der Waals surface area (Å²) in [6, 6.07) is 0. The van der Waals surface area contributed by atoms with E-state index < -0.39 is 5.60 Å². The molecule has 1 aliphatic heterocycles. The van der Waals surface area contributed by atoms with E-state index in [1.165, 1.54) is 0 Å². The third kappa shape index (κ3) is 5.85. The van der Waals surface area contributed by atoms with E-state index in [9.17, 15) is 4.79 Å². The highest BCUT2D eigenvalue weighted by Crippen LogP contribution is 2.10. The Kier molecular flexibility index (Phi) is 5.98. The maximum Gasteiger partial charge on any atom is 0.410 e. The van der Waals surface area contributed by atoms with E-state index in [2.05, 4.69) is 5.32 Å². The number of rotatable bonds is 0. The highest BCUT2D eigenvalue weighted by Gasteiger charge is 2.22. The van der Waals surface area contributed by atoms with E-state index in [1.54, 1.807) is 4.90 Å². The highest BCUT2D eigenvalue weighted by molar-refractivity contribution is 5.85. The van der Waals surface area contributed by atoms with Crippen LogP contribution in [0.4, 0.5) is 4.79 Å². The molecular weight excluding hydrogens is 216 g/mol. The average molecular weight is 237 g/mol. The van der Waals surface area contributed by atoms with Gasteiger partial charge in [0.05, 0.1) is 0 Å². The first-order valence-electron chi connectivity index (χ1n) is 5.18. The molecule has 5 heteroatoms. The zero-order valence-electron chi connectivity index (χ0n) is 9.71. The van der Waals surface area contributed by atoms with Gasteiger partial charge in [0.2, 0.25) is 0 Å². The van der Waals surface area contributed by atoms with Crippen LogP contribution in [0.15, 0.2) is 0 Å². The van der Waals surface area contributed by atoms with Crippen molar-refractivity contribution >= 4 is 18.5 Å². The Balaban J connectivity index is 0.00000196. The second-order valence-corrected chi connectivity index (χ2v) is 4.57. The number of amides is 1. The van der Waals surface area contributed by atoms with Crippen LogP contribution < -0.4 is 5.32 Å². The van der Waals surface area contributed by atoms with Gasteiger partial charge in [-0.3, -0.25) is 0 Å². The molecule has 15 heavy (non-hydrogen) atoms. The fraction of sp³-hybridized carbons (Fsp3) is 0.900. The van der Waals surface area contributed by atoms with Crippen molar-refractivity contribution in [3.63, 3.8) is 0 Å². The van der Waals surface area contributed by atoms with Gasteiger partial charge in [0.15, 0.2) is 0 Å². The molecule has 0 saturated carbocycles. The molecule has 0 radical (unpaired) electrons. The van der Waals surface area contributed by atoms with Crippen LogP contribution in [0.5, 0.6) is 0 Å². The molecular formula is C10H21ClN2O2. The Morgan fingerprint density at radius 1 is 1.27 bits per heavy atom. The molecule has 1 fully saturated rings. The minimum absolute atomic E-state index is 0. The quantitative estimate of drug-likeness (QED) is 0.695. The molecule has 1 saturated heterocycles. The van der Waals surface area contributed by atoms with E-state index in [1.807, 2.05) is 20.8 Å². The van der Waals surface area contributed by atoms with Crippen LogP contribution in [0.25, 0.3) is 0 Å². The van der Waals surface area contributed by atoms with Crippen LogP contribution >= 0.6 is 12.4 Å². The molecule has 0 atom stereocenters. The van der Waals surface area contributed by atoms with Crippen molar-refractivity contribution in [1.82, 2.24) is 10.2 Å². The lowest BCUT2D eigenvalue weighted by Crippen LogP contribution is -2.38. The lowest BCUT2D eigenvalue weighted by molar-refractivity contribution is 0.0262. The Labute approximate surface area is 97.8 Å². The smallest absolute Gasteiger partial charge is 0.410 e. The number of nitrogens with one attached hydrogen (secondary N) is 1. The van der Waals surface area contributed by atoms with Gasteiger partial charge in [-0.1, -0.05) is 0 Å². The van der Waals surface area contributed by atoms with Gasteiger partial charge in [0, 0.05) is 19.6 Å². The lowest BCUT2D eigenvalue weighted by Gasteiger charge is -2.26. The Morgan fingerprint density at radius 2 is 1.93 bits per heavy atom. The van der Waals surface area contributed by atoms with E-state index in [0.29, 0.717) is 0 Å². The van der Waals surface area contributed by atoms with Crippen molar-refractivity contribution in [3.05, 3.63) is 0 Å². The molecule has 0 aliphatic carbocycles. The van der Waals surface area contributed by atoms with Gasteiger partial charge in [0.25, 0.3) is 0 Å². The van der Waals surface area contributed by atoms with Crippen molar-refractivity contribution < 1.29 is 9.53 Å². The monoisotopic (exact) mass is 236 g/mol. The predicted octanol–water partition coefficient (Wildman–Crippen LogP) is 1.64. The number of nitrogens with zero attached hydrogens (tertiary/aromatic N) is 1. The molecule has 0 unspecified atom stereocenters. The molecule has 1 amide bonds. The van der Waals surface area contributed by atoms with Gasteiger partial charge >= 0.3 is 6.09 Å². The molecule has 0 aromatic carbocycles. The van der Waals surface area contributed by atoms with E-state index in [-0.39, 0.29) is 18.5 Å². The second-order valence-electron chi connectivity index (χ2n) is 4.57. The summed E-state index contributed by atoms with van der Waals surface area (Å²) in [4.78, 5) is 13.4. The van der Waals surface area contributed by atoms with Crippen LogP contribution in [0, 0.1) is 0 Å². The van der Waals surface area contributed by atoms with Gasteiger partial charge in [0.1, 0.15) is 5.60 Å². The fourth-order valence-corrected chi connectivity index (χ4v) is 1.35. The minimum atomic E-state index is -0.392. The summed E-state index contributed by atoms with van der Waals surface area (Å²) >= 11 is 0. The largest absolute Gasteiger partial charge is 0.444 e. The summed E-state index contributed by atoms with van der Waals surface area (Å²) in [5.74, 6) is 0. The second kappa shape index (κ2) is 6.18. The number of hydrogen-bond acceptors (Lipinski definition) is 3. The molecule has 1 heterocycles. The molecule has 4 nitrogen and oxygen atoms in total. The molecule has 1 N–H and O–H groups in total. The minimum Gasteiger partial charge on any atom is -0.444 e. The van der Waals surface area contributed by atoms with Gasteiger partial charge in [-0.2, -0.15) is 0 Å². The summed E-state index contributed by atoms with van der Waals surface area (Å²) in [6.45, 7) is 9.05. The van der Waals surface area contributed by atoms with Gasteiger partial charge < -0.3 is 15.0 Å². The van der Waals surface area contributed by atoms with Crippen molar-refractivity contribution in [1.29, 1.82) is 0 Å². The maximum absolute atomic E-state index is 11.6. The normalized spacial score (nSPS) is 17.7. The summed E-state index contributed by atoms with van der Waals surface area (Å²) < 4.78 is 5.29. The first kappa shape index (κ1) is 14.5. The molecule has 0 bridgehead atoms. The van der Waals surface area contributed by atoms with E-state index in [0.717, 1.165) is 32.6 Å². The highest BCUT2D eigenvalue weighted by atomic mass is 35.5. The standard InChI is InChI=1S/C10H20N2O2.ClH/c1-10(2,3)14-9(13)12-7-4-5-11-6-8-12;/h11H,4-8H2,1-3H3;1H. The maximum atomic E-state index is 11.6. The summed E-state index contributed by atoms with van der Waals surface area (Å²) in [5.41, 5.74) is -0.392. The Hall–Kier alpha value is -0.480. The van der Waals surface area contributed by atoms with E-state index in [4.69, 9.17) is 4.74 Å². The van der Waals surface area contributed by atoms with Crippen LogP contribution in [-0.4, -0.2) is 42.8 Å². The third-order valence-corrected chi connectivity index (χ3v) is 1.99. The van der Waals surface area contributed by atoms with Crippen molar-refractivity contribution in [2.24, 2.45) is 0 Å². The van der Waals surface area contributed by atoms with Crippen LogP contribution in [-0.2, 0) is 4.74 Å². The first-order valence-corrected chi connectivity index (χ1v) is 5.18. The summed E-state index contributed by atoms with van der Waals surface area (Å²) in [7, 11) is 0. The lowest BCUT2D eigenvalue weighted by atomic mass is 10.2. The molecule has 1 rings (SSSR count). The van der Waals surface area contributed by atoms with Gasteiger partial charge in [-0.05, 0) is 33.7 Å². The van der Waals surface area contributed by atoms with E-state index >= 15 is 0 Å². The molecule has 1 aliphatic rings. The third-order valence-electron chi connectivity index (χ3n) is 1.99. The van der Waals surface area contributed by atoms with Gasteiger partial charge in [-0.15, -0.1) is 12.4 Å². The number of ether oxygens (including phenoxy) is 1. The summed E-state index contributed by atoms with van der Waals surface area (Å²) in [5, 5.41) is 3.25. The molecule has 0 spiro atoms. The summed E-state index contributed by atoms with van der Waals surface area (Å²) in [6.07, 6.45) is 0.806. The SMILES string of the molecule is CC(C)(C)OC(=O)N1CCCNCC1.Cl. The zero-order valence-corrected chi connectivity index (χ0v) is 10.5. The predicted molar refractivity (Wildman–Crippen MR) is 62.5 cm³/mol. The number of hydrogen-bond donors (Lipinski definition) is 1. The van der Waals surface area contributed by atoms with Crippen LogP contribution in [0.3, 0.4) is 0 Å². The molecule has 90 valence electrons. The van der Waals surface area contributed by atoms with Crippen molar-refractivity contribution in [2.75, 3.05) is 26.2 Å². The van der Waals surface area contributed by atoms with Crippen molar-refractivity contribution in [2.45, 2.75) is 32.8 Å². The molecule has 0 aromatic heterocycles. The number of halogens is 1. The number of carbonyl (C=O) groups is 1. The molecule has 0 aromatic rings. The average Bonchev–Trinajstić information content (AvgIpc) is 2.27. The topological polar surface area (TPSA) is 41.6 Å². The Bertz CT molecular complexity index is 196. The fourth-order valence-electron chi connectivity index (χ4n) is 1.35.